The normalized spacial score (nSPS) is 19.1. The van der Waals surface area contributed by atoms with Gasteiger partial charge in [-0.05, 0) is 38.8 Å². The standard InChI is InChI=1S/C21H26N4O2/c1-16(2)25-13-14-27-21(18-5-3-4-6-19(18)25)8-11-24(12-9-21)20(26)17-7-10-22-23-15-17/h3-7,10,15-16H,8-9,11-14H2,1-2H3. The number of rotatable bonds is 2. The summed E-state index contributed by atoms with van der Waals surface area (Å²) in [5.41, 5.74) is 2.80. The molecule has 6 nitrogen and oxygen atoms in total. The zero-order chi connectivity index (χ0) is 18.9. The number of anilines is 1. The van der Waals surface area contributed by atoms with Crippen LogP contribution >= 0.6 is 0 Å². The van der Waals surface area contributed by atoms with E-state index in [1.807, 2.05) is 4.90 Å². The number of piperidine rings is 1. The number of ether oxygens (including phenoxy) is 1. The zero-order valence-electron chi connectivity index (χ0n) is 16.0. The molecule has 3 heterocycles. The first kappa shape index (κ1) is 17.9. The van der Waals surface area contributed by atoms with Crippen molar-refractivity contribution in [3.8, 4) is 0 Å². The summed E-state index contributed by atoms with van der Waals surface area (Å²) in [7, 11) is 0. The maximum atomic E-state index is 12.7. The molecule has 2 aliphatic heterocycles. The Hall–Kier alpha value is -2.47. The van der Waals surface area contributed by atoms with E-state index in [0.717, 1.165) is 19.4 Å². The number of nitrogens with zero attached hydrogens (tertiary/aromatic N) is 4. The molecule has 0 atom stereocenters. The van der Waals surface area contributed by atoms with Gasteiger partial charge < -0.3 is 14.5 Å². The zero-order valence-corrected chi connectivity index (χ0v) is 16.0. The molecule has 0 radical (unpaired) electrons. The van der Waals surface area contributed by atoms with E-state index in [1.54, 1.807) is 12.3 Å². The van der Waals surface area contributed by atoms with Crippen molar-refractivity contribution < 1.29 is 9.53 Å². The van der Waals surface area contributed by atoms with Gasteiger partial charge in [0, 0.05) is 36.9 Å². The van der Waals surface area contributed by atoms with Crippen molar-refractivity contribution in [2.45, 2.75) is 38.3 Å². The Morgan fingerprint density at radius 2 is 1.89 bits per heavy atom. The molecule has 27 heavy (non-hydrogen) atoms. The van der Waals surface area contributed by atoms with Gasteiger partial charge in [0.15, 0.2) is 0 Å². The van der Waals surface area contributed by atoms with Gasteiger partial charge in [-0.25, -0.2) is 0 Å². The number of fused-ring (bicyclic) bond motifs is 2. The van der Waals surface area contributed by atoms with Crippen LogP contribution in [-0.2, 0) is 10.3 Å². The number of likely N-dealkylation sites (tertiary alicyclic amines) is 1. The summed E-state index contributed by atoms with van der Waals surface area (Å²) in [6.45, 7) is 7.39. The van der Waals surface area contributed by atoms with Gasteiger partial charge in [-0.3, -0.25) is 4.79 Å². The maximum absolute atomic E-state index is 12.7. The fourth-order valence-electron chi connectivity index (χ4n) is 4.27. The van der Waals surface area contributed by atoms with Crippen LogP contribution in [0.3, 0.4) is 0 Å². The smallest absolute Gasteiger partial charge is 0.255 e. The van der Waals surface area contributed by atoms with E-state index < -0.39 is 0 Å². The topological polar surface area (TPSA) is 58.6 Å². The van der Waals surface area contributed by atoms with Crippen molar-refractivity contribution in [2.24, 2.45) is 0 Å². The van der Waals surface area contributed by atoms with Gasteiger partial charge in [0.25, 0.3) is 5.91 Å². The van der Waals surface area contributed by atoms with Gasteiger partial charge in [0.1, 0.15) is 0 Å². The summed E-state index contributed by atoms with van der Waals surface area (Å²) in [5.74, 6) is 0.0189. The van der Waals surface area contributed by atoms with E-state index in [2.05, 4.69) is 53.2 Å². The molecule has 1 amide bonds. The van der Waals surface area contributed by atoms with Crippen LogP contribution in [0.5, 0.6) is 0 Å². The van der Waals surface area contributed by atoms with Crippen molar-refractivity contribution in [3.63, 3.8) is 0 Å². The van der Waals surface area contributed by atoms with Crippen LogP contribution in [-0.4, -0.2) is 53.3 Å². The van der Waals surface area contributed by atoms with E-state index in [0.29, 0.717) is 31.3 Å². The Labute approximate surface area is 160 Å². The van der Waals surface area contributed by atoms with Crippen molar-refractivity contribution in [1.29, 1.82) is 0 Å². The van der Waals surface area contributed by atoms with Gasteiger partial charge >= 0.3 is 0 Å². The molecule has 1 fully saturated rings. The fourth-order valence-corrected chi connectivity index (χ4v) is 4.27. The number of para-hydroxylation sites is 1. The molecule has 1 saturated heterocycles. The highest BCUT2D eigenvalue weighted by atomic mass is 16.5. The lowest BCUT2D eigenvalue weighted by molar-refractivity contribution is -0.0792. The lowest BCUT2D eigenvalue weighted by Crippen LogP contribution is -2.46. The number of aromatic nitrogens is 2. The minimum Gasteiger partial charge on any atom is -0.368 e. The summed E-state index contributed by atoms with van der Waals surface area (Å²) < 4.78 is 6.47. The third-order valence-corrected chi connectivity index (χ3v) is 5.73. The molecule has 0 saturated carbocycles. The first-order valence-corrected chi connectivity index (χ1v) is 9.67. The molecule has 0 bridgehead atoms. The van der Waals surface area contributed by atoms with E-state index in [4.69, 9.17) is 4.74 Å². The summed E-state index contributed by atoms with van der Waals surface area (Å²) >= 11 is 0. The Bertz CT molecular complexity index is 801. The van der Waals surface area contributed by atoms with E-state index in [1.165, 1.54) is 17.4 Å². The number of hydrogen-bond acceptors (Lipinski definition) is 5. The number of carbonyl (C=O) groups excluding carboxylic acids is 1. The number of benzene rings is 1. The number of amides is 1. The fraction of sp³-hybridized carbons (Fsp3) is 0.476. The van der Waals surface area contributed by atoms with Crippen LogP contribution in [0.25, 0.3) is 0 Å². The van der Waals surface area contributed by atoms with Crippen molar-refractivity contribution in [3.05, 3.63) is 53.9 Å². The first-order valence-electron chi connectivity index (χ1n) is 9.67. The molecular weight excluding hydrogens is 340 g/mol. The van der Waals surface area contributed by atoms with E-state index in [-0.39, 0.29) is 11.5 Å². The van der Waals surface area contributed by atoms with Crippen LogP contribution in [0.1, 0.15) is 42.6 Å². The molecule has 1 aromatic carbocycles. The molecule has 0 aliphatic carbocycles. The molecule has 1 spiro atoms. The van der Waals surface area contributed by atoms with Crippen LogP contribution in [0.15, 0.2) is 42.7 Å². The second-order valence-corrected chi connectivity index (χ2v) is 7.57. The van der Waals surface area contributed by atoms with Crippen molar-refractivity contribution >= 4 is 11.6 Å². The van der Waals surface area contributed by atoms with Gasteiger partial charge in [-0.15, -0.1) is 0 Å². The minimum absolute atomic E-state index is 0.0189. The second-order valence-electron chi connectivity index (χ2n) is 7.57. The first-order chi connectivity index (χ1) is 13.1. The molecule has 1 aromatic heterocycles. The second kappa shape index (κ2) is 7.27. The molecular formula is C21H26N4O2. The Morgan fingerprint density at radius 1 is 1.11 bits per heavy atom. The third kappa shape index (κ3) is 3.30. The molecule has 0 unspecified atom stereocenters. The maximum Gasteiger partial charge on any atom is 0.255 e. The molecule has 142 valence electrons. The number of hydrogen-bond donors (Lipinski definition) is 0. The molecule has 0 N–H and O–H groups in total. The summed E-state index contributed by atoms with van der Waals surface area (Å²) in [4.78, 5) is 17.1. The van der Waals surface area contributed by atoms with E-state index >= 15 is 0 Å². The van der Waals surface area contributed by atoms with E-state index in [9.17, 15) is 4.79 Å². The van der Waals surface area contributed by atoms with Crippen LogP contribution < -0.4 is 4.90 Å². The highest BCUT2D eigenvalue weighted by Crippen LogP contribution is 2.43. The largest absolute Gasteiger partial charge is 0.368 e. The highest BCUT2D eigenvalue weighted by molar-refractivity contribution is 5.93. The number of carbonyl (C=O) groups is 1. The summed E-state index contributed by atoms with van der Waals surface area (Å²) in [5, 5.41) is 7.58. The van der Waals surface area contributed by atoms with Crippen molar-refractivity contribution in [1.82, 2.24) is 15.1 Å². The average molecular weight is 366 g/mol. The monoisotopic (exact) mass is 366 g/mol. The average Bonchev–Trinajstić information content (AvgIpc) is 2.87. The predicted molar refractivity (Wildman–Crippen MR) is 104 cm³/mol. The van der Waals surface area contributed by atoms with Crippen LogP contribution in [0.2, 0.25) is 0 Å². The quantitative estimate of drug-likeness (QED) is 0.818. The predicted octanol–water partition coefficient (Wildman–Crippen LogP) is 2.85. The Morgan fingerprint density at radius 3 is 2.59 bits per heavy atom. The van der Waals surface area contributed by atoms with Gasteiger partial charge in [0.05, 0.1) is 30.2 Å². The molecule has 2 aliphatic rings. The van der Waals surface area contributed by atoms with Gasteiger partial charge in [-0.2, -0.15) is 10.2 Å². The Balaban J connectivity index is 1.58. The van der Waals surface area contributed by atoms with Crippen molar-refractivity contribution in [2.75, 3.05) is 31.1 Å². The van der Waals surface area contributed by atoms with Crippen LogP contribution in [0, 0.1) is 0 Å². The van der Waals surface area contributed by atoms with Crippen LogP contribution in [0.4, 0.5) is 5.69 Å². The third-order valence-electron chi connectivity index (χ3n) is 5.73. The molecule has 6 heteroatoms. The lowest BCUT2D eigenvalue weighted by atomic mass is 9.82. The Kier molecular flexibility index (Phi) is 4.83. The summed E-state index contributed by atoms with van der Waals surface area (Å²) in [6.07, 6.45) is 4.70. The highest BCUT2D eigenvalue weighted by Gasteiger charge is 2.42. The molecule has 4 rings (SSSR count). The van der Waals surface area contributed by atoms with Gasteiger partial charge in [0.2, 0.25) is 0 Å². The minimum atomic E-state index is -0.312. The summed E-state index contributed by atoms with van der Waals surface area (Å²) in [6, 6.07) is 10.7. The molecule has 2 aromatic rings. The SMILES string of the molecule is CC(C)N1CCOC2(CCN(C(=O)c3ccnnc3)CC2)c2ccccc21. The lowest BCUT2D eigenvalue weighted by Gasteiger charge is -2.42. The van der Waals surface area contributed by atoms with Gasteiger partial charge in [-0.1, -0.05) is 18.2 Å².